The first kappa shape index (κ1) is 26.7. The van der Waals surface area contributed by atoms with Crippen molar-refractivity contribution in [3.63, 3.8) is 0 Å². The molecule has 2 aromatic rings. The highest BCUT2D eigenvalue weighted by atomic mass is 16.1. The number of unbranched alkanes of at least 4 members (excludes halogenated alkanes) is 2. The Balaban J connectivity index is 1.17. The molecule has 0 saturated heterocycles. The molecule has 1 amide bonds. The molecule has 0 radical (unpaired) electrons. The molecule has 0 atom stereocenters. The second-order valence-electron chi connectivity index (χ2n) is 11.6. The summed E-state index contributed by atoms with van der Waals surface area (Å²) in [6.07, 6.45) is 21.6. The number of carbonyl (C=O) groups is 1. The smallest absolute Gasteiger partial charge is 0.247 e. The standard InChI is InChI=1S/C34H47NO/c1-3-5-6-7-26-8-10-27(11-9-26)12-13-28-14-16-29(17-15-28)30-18-20-31(21-19-30)32-22-24-33(25-23-32)35-34(36)4-2/h4,18-29H,2-3,5-17H2,1H3,(H,35,36). The Morgan fingerprint density at radius 1 is 0.750 bits per heavy atom. The molecular formula is C34H47NO. The van der Waals surface area contributed by atoms with E-state index in [0.29, 0.717) is 0 Å². The van der Waals surface area contributed by atoms with E-state index in [4.69, 9.17) is 0 Å². The lowest BCUT2D eigenvalue weighted by Crippen LogP contribution is -2.17. The summed E-state index contributed by atoms with van der Waals surface area (Å²) in [5, 5.41) is 2.81. The summed E-state index contributed by atoms with van der Waals surface area (Å²) in [6, 6.07) is 17.2. The number of carbonyl (C=O) groups excluding carboxylic acids is 1. The van der Waals surface area contributed by atoms with Crippen LogP contribution in [-0.2, 0) is 4.79 Å². The second-order valence-corrected chi connectivity index (χ2v) is 11.6. The zero-order valence-corrected chi connectivity index (χ0v) is 22.5. The lowest BCUT2D eigenvalue weighted by Gasteiger charge is -2.32. The normalized spacial score (nSPS) is 24.2. The van der Waals surface area contributed by atoms with Gasteiger partial charge in [0.1, 0.15) is 0 Å². The Labute approximate surface area is 220 Å². The van der Waals surface area contributed by atoms with E-state index in [-0.39, 0.29) is 5.91 Å². The molecule has 4 rings (SSSR count). The van der Waals surface area contributed by atoms with Gasteiger partial charge in [0.25, 0.3) is 0 Å². The van der Waals surface area contributed by atoms with Gasteiger partial charge in [0.2, 0.25) is 5.91 Å². The largest absolute Gasteiger partial charge is 0.323 e. The molecule has 2 heteroatoms. The number of rotatable bonds is 11. The van der Waals surface area contributed by atoms with Gasteiger partial charge in [-0.25, -0.2) is 0 Å². The highest BCUT2D eigenvalue weighted by Gasteiger charge is 2.25. The quantitative estimate of drug-likeness (QED) is 0.249. The number of hydrogen-bond donors (Lipinski definition) is 1. The highest BCUT2D eigenvalue weighted by Crippen LogP contribution is 2.40. The zero-order valence-electron chi connectivity index (χ0n) is 22.5. The van der Waals surface area contributed by atoms with E-state index in [1.165, 1.54) is 113 Å². The van der Waals surface area contributed by atoms with Crippen LogP contribution in [0.5, 0.6) is 0 Å². The van der Waals surface area contributed by atoms with E-state index in [0.717, 1.165) is 29.4 Å². The minimum absolute atomic E-state index is 0.179. The van der Waals surface area contributed by atoms with Crippen molar-refractivity contribution in [3.05, 3.63) is 66.7 Å². The van der Waals surface area contributed by atoms with Crippen LogP contribution in [0.15, 0.2) is 61.2 Å². The maximum absolute atomic E-state index is 11.5. The van der Waals surface area contributed by atoms with Crippen LogP contribution in [0.1, 0.15) is 108 Å². The number of benzene rings is 2. The van der Waals surface area contributed by atoms with Gasteiger partial charge in [-0.3, -0.25) is 4.79 Å². The van der Waals surface area contributed by atoms with Gasteiger partial charge in [0.05, 0.1) is 0 Å². The van der Waals surface area contributed by atoms with E-state index in [9.17, 15) is 4.79 Å². The highest BCUT2D eigenvalue weighted by molar-refractivity contribution is 5.98. The van der Waals surface area contributed by atoms with Crippen LogP contribution in [0.4, 0.5) is 5.69 Å². The Bertz CT molecular complexity index is 928. The SMILES string of the molecule is C=CC(=O)Nc1ccc(-c2ccc(C3CCC(CCC4CCC(CCCCC)CC4)CC3)cc2)cc1. The predicted molar refractivity (Wildman–Crippen MR) is 154 cm³/mol. The topological polar surface area (TPSA) is 29.1 Å². The molecule has 0 unspecified atom stereocenters. The van der Waals surface area contributed by atoms with Crippen molar-refractivity contribution in [2.75, 3.05) is 5.32 Å². The van der Waals surface area contributed by atoms with Crippen LogP contribution in [0, 0.1) is 17.8 Å². The van der Waals surface area contributed by atoms with E-state index < -0.39 is 0 Å². The van der Waals surface area contributed by atoms with Gasteiger partial charge >= 0.3 is 0 Å². The second kappa shape index (κ2) is 13.8. The third-order valence-corrected chi connectivity index (χ3v) is 9.07. The first-order valence-corrected chi connectivity index (χ1v) is 14.8. The van der Waals surface area contributed by atoms with E-state index >= 15 is 0 Å². The molecule has 2 aliphatic carbocycles. The van der Waals surface area contributed by atoms with Crippen molar-refractivity contribution in [1.29, 1.82) is 0 Å². The Hall–Kier alpha value is -2.35. The Morgan fingerprint density at radius 3 is 1.78 bits per heavy atom. The summed E-state index contributed by atoms with van der Waals surface area (Å²) < 4.78 is 0. The molecule has 0 heterocycles. The van der Waals surface area contributed by atoms with Crippen LogP contribution in [0.25, 0.3) is 11.1 Å². The molecule has 2 nitrogen and oxygen atoms in total. The van der Waals surface area contributed by atoms with Crippen molar-refractivity contribution < 1.29 is 4.79 Å². The maximum atomic E-state index is 11.5. The van der Waals surface area contributed by atoms with Crippen LogP contribution >= 0.6 is 0 Å². The third-order valence-electron chi connectivity index (χ3n) is 9.07. The molecule has 2 aromatic carbocycles. The lowest BCUT2D eigenvalue weighted by atomic mass is 9.74. The van der Waals surface area contributed by atoms with Crippen molar-refractivity contribution >= 4 is 11.6 Å². The zero-order chi connectivity index (χ0) is 25.2. The summed E-state index contributed by atoms with van der Waals surface area (Å²) >= 11 is 0. The molecule has 2 fully saturated rings. The Kier molecular flexibility index (Phi) is 10.3. The summed E-state index contributed by atoms with van der Waals surface area (Å²) in [7, 11) is 0. The minimum atomic E-state index is -0.179. The van der Waals surface area contributed by atoms with E-state index in [1.807, 2.05) is 12.1 Å². The van der Waals surface area contributed by atoms with Gasteiger partial charge in [-0.2, -0.15) is 0 Å². The summed E-state index contributed by atoms with van der Waals surface area (Å²) in [4.78, 5) is 11.5. The molecule has 0 aliphatic heterocycles. The van der Waals surface area contributed by atoms with Crippen LogP contribution in [0.3, 0.4) is 0 Å². The van der Waals surface area contributed by atoms with Gasteiger partial charge in [0.15, 0.2) is 0 Å². The van der Waals surface area contributed by atoms with Crippen molar-refractivity contribution in [3.8, 4) is 11.1 Å². The van der Waals surface area contributed by atoms with Crippen LogP contribution < -0.4 is 5.32 Å². The van der Waals surface area contributed by atoms with E-state index in [1.54, 1.807) is 0 Å². The molecule has 0 bridgehead atoms. The van der Waals surface area contributed by atoms with Gasteiger partial charge in [0, 0.05) is 5.69 Å². The Morgan fingerprint density at radius 2 is 1.25 bits per heavy atom. The number of hydrogen-bond acceptors (Lipinski definition) is 1. The average Bonchev–Trinajstić information content (AvgIpc) is 2.93. The monoisotopic (exact) mass is 485 g/mol. The minimum Gasteiger partial charge on any atom is -0.323 e. The van der Waals surface area contributed by atoms with E-state index in [2.05, 4.69) is 55.2 Å². The predicted octanol–water partition coefficient (Wildman–Crippen LogP) is 9.92. The van der Waals surface area contributed by atoms with Crippen LogP contribution in [0.2, 0.25) is 0 Å². The summed E-state index contributed by atoms with van der Waals surface area (Å²) in [5.74, 6) is 3.57. The van der Waals surface area contributed by atoms with Gasteiger partial charge in [-0.15, -0.1) is 0 Å². The fourth-order valence-corrected chi connectivity index (χ4v) is 6.63. The van der Waals surface area contributed by atoms with Crippen molar-refractivity contribution in [1.82, 2.24) is 0 Å². The molecule has 2 saturated carbocycles. The number of anilines is 1. The first-order valence-electron chi connectivity index (χ1n) is 14.8. The van der Waals surface area contributed by atoms with Gasteiger partial charge in [-0.1, -0.05) is 114 Å². The van der Waals surface area contributed by atoms with Crippen molar-refractivity contribution in [2.45, 2.75) is 103 Å². The molecule has 0 spiro atoms. The number of amides is 1. The fourth-order valence-electron chi connectivity index (χ4n) is 6.63. The fraction of sp³-hybridized carbons (Fsp3) is 0.559. The third kappa shape index (κ3) is 7.82. The number of nitrogens with one attached hydrogen (secondary N) is 1. The molecule has 36 heavy (non-hydrogen) atoms. The van der Waals surface area contributed by atoms with Gasteiger partial charge < -0.3 is 5.32 Å². The van der Waals surface area contributed by atoms with Crippen molar-refractivity contribution in [2.24, 2.45) is 17.8 Å². The molecular weight excluding hydrogens is 438 g/mol. The molecule has 1 N–H and O–H groups in total. The molecule has 194 valence electrons. The maximum Gasteiger partial charge on any atom is 0.247 e. The first-order chi connectivity index (χ1) is 17.6. The van der Waals surface area contributed by atoms with Gasteiger partial charge in [-0.05, 0) is 84.3 Å². The van der Waals surface area contributed by atoms with Crippen LogP contribution in [-0.4, -0.2) is 5.91 Å². The summed E-state index contributed by atoms with van der Waals surface area (Å²) in [6.45, 7) is 5.82. The lowest BCUT2D eigenvalue weighted by molar-refractivity contribution is -0.111. The average molecular weight is 486 g/mol. The molecule has 2 aliphatic rings. The molecule has 0 aromatic heterocycles. The summed E-state index contributed by atoms with van der Waals surface area (Å²) in [5.41, 5.74) is 4.71.